The van der Waals surface area contributed by atoms with Crippen LogP contribution in [-0.4, -0.2) is 27.7 Å². The van der Waals surface area contributed by atoms with Crippen molar-refractivity contribution in [3.8, 4) is 0 Å². The fourth-order valence-electron chi connectivity index (χ4n) is 0.815. The molecule has 0 bridgehead atoms. The SMILES string of the molecule is CCC(C)NCCSc1ncns1. The van der Waals surface area contributed by atoms with E-state index in [4.69, 9.17) is 0 Å². The Labute approximate surface area is 87.5 Å². The minimum Gasteiger partial charge on any atom is -0.313 e. The molecule has 0 saturated carbocycles. The second-order valence-corrected chi connectivity index (χ2v) is 4.94. The van der Waals surface area contributed by atoms with Gasteiger partial charge in [-0.3, -0.25) is 0 Å². The van der Waals surface area contributed by atoms with Crippen LogP contribution in [0.15, 0.2) is 10.7 Å². The maximum atomic E-state index is 4.10. The number of hydrogen-bond acceptors (Lipinski definition) is 5. The highest BCUT2D eigenvalue weighted by Crippen LogP contribution is 2.16. The molecule has 0 spiro atoms. The molecule has 0 amide bonds. The van der Waals surface area contributed by atoms with Gasteiger partial charge in [-0.15, -0.1) is 0 Å². The predicted molar refractivity (Wildman–Crippen MR) is 58.4 cm³/mol. The molecule has 0 radical (unpaired) electrons. The first-order chi connectivity index (χ1) is 6.33. The maximum absolute atomic E-state index is 4.10. The molecule has 1 aromatic heterocycles. The third kappa shape index (κ3) is 4.59. The first kappa shape index (κ1) is 10.9. The topological polar surface area (TPSA) is 37.8 Å². The van der Waals surface area contributed by atoms with E-state index in [2.05, 4.69) is 28.5 Å². The van der Waals surface area contributed by atoms with Crippen LogP contribution in [0, 0.1) is 0 Å². The van der Waals surface area contributed by atoms with Crippen LogP contribution in [-0.2, 0) is 0 Å². The van der Waals surface area contributed by atoms with Crippen molar-refractivity contribution in [2.75, 3.05) is 12.3 Å². The zero-order valence-electron chi connectivity index (χ0n) is 7.99. The van der Waals surface area contributed by atoms with Gasteiger partial charge in [-0.25, -0.2) is 4.98 Å². The molecule has 1 atom stereocenters. The molecule has 74 valence electrons. The third-order valence-electron chi connectivity index (χ3n) is 1.77. The highest BCUT2D eigenvalue weighted by molar-refractivity contribution is 8.00. The molecule has 0 aliphatic carbocycles. The van der Waals surface area contributed by atoms with E-state index in [1.807, 2.05) is 0 Å². The van der Waals surface area contributed by atoms with Gasteiger partial charge in [0.25, 0.3) is 0 Å². The summed E-state index contributed by atoms with van der Waals surface area (Å²) < 4.78 is 5.00. The van der Waals surface area contributed by atoms with E-state index in [1.54, 1.807) is 18.1 Å². The number of rotatable bonds is 6. The second-order valence-electron chi connectivity index (χ2n) is 2.82. The number of aromatic nitrogens is 2. The Bertz CT molecular complexity index is 213. The van der Waals surface area contributed by atoms with Gasteiger partial charge in [-0.1, -0.05) is 18.7 Å². The third-order valence-corrected chi connectivity index (χ3v) is 3.57. The van der Waals surface area contributed by atoms with Crippen molar-refractivity contribution in [1.82, 2.24) is 14.7 Å². The monoisotopic (exact) mass is 217 g/mol. The van der Waals surface area contributed by atoms with Gasteiger partial charge in [-0.2, -0.15) is 4.37 Å². The minimum atomic E-state index is 0.620. The summed E-state index contributed by atoms with van der Waals surface area (Å²) >= 11 is 3.22. The molecule has 3 nitrogen and oxygen atoms in total. The molecule has 0 aliphatic rings. The lowest BCUT2D eigenvalue weighted by Crippen LogP contribution is -2.27. The molecule has 1 heterocycles. The summed E-state index contributed by atoms with van der Waals surface area (Å²) in [6, 6.07) is 0.620. The molecular weight excluding hydrogens is 202 g/mol. The van der Waals surface area contributed by atoms with E-state index < -0.39 is 0 Å². The number of nitrogens with one attached hydrogen (secondary N) is 1. The number of hydrogen-bond donors (Lipinski definition) is 1. The average molecular weight is 217 g/mol. The predicted octanol–water partition coefficient (Wildman–Crippen LogP) is 2.02. The Morgan fingerprint density at radius 1 is 1.69 bits per heavy atom. The molecule has 0 aliphatic heterocycles. The van der Waals surface area contributed by atoms with Crippen molar-refractivity contribution in [1.29, 1.82) is 0 Å². The summed E-state index contributed by atoms with van der Waals surface area (Å²) in [6.45, 7) is 5.43. The Kier molecular flexibility index (Phi) is 5.34. The second kappa shape index (κ2) is 6.34. The van der Waals surface area contributed by atoms with Gasteiger partial charge >= 0.3 is 0 Å². The lowest BCUT2D eigenvalue weighted by atomic mass is 10.3. The highest BCUT2D eigenvalue weighted by Gasteiger charge is 1.99. The number of nitrogens with zero attached hydrogens (tertiary/aromatic N) is 2. The zero-order valence-corrected chi connectivity index (χ0v) is 9.62. The van der Waals surface area contributed by atoms with E-state index in [0.717, 1.165) is 16.6 Å². The molecule has 0 aromatic carbocycles. The minimum absolute atomic E-state index is 0.620. The first-order valence-electron chi connectivity index (χ1n) is 4.45. The van der Waals surface area contributed by atoms with Crippen LogP contribution in [0.4, 0.5) is 0 Å². The Hall–Kier alpha value is -0.130. The molecule has 1 unspecified atom stereocenters. The van der Waals surface area contributed by atoms with Crippen LogP contribution in [0.2, 0.25) is 0 Å². The summed E-state index contributed by atoms with van der Waals surface area (Å²) in [7, 11) is 0. The smallest absolute Gasteiger partial charge is 0.169 e. The molecule has 1 N–H and O–H groups in total. The molecule has 13 heavy (non-hydrogen) atoms. The number of thioether (sulfide) groups is 1. The Balaban J connectivity index is 2.02. The maximum Gasteiger partial charge on any atom is 0.169 e. The van der Waals surface area contributed by atoms with Gasteiger partial charge in [-0.05, 0) is 24.9 Å². The fraction of sp³-hybridized carbons (Fsp3) is 0.750. The Morgan fingerprint density at radius 2 is 2.54 bits per heavy atom. The molecule has 0 fully saturated rings. The van der Waals surface area contributed by atoms with Gasteiger partial charge in [0.2, 0.25) is 0 Å². The summed E-state index contributed by atoms with van der Waals surface area (Å²) in [5, 5.41) is 3.43. The van der Waals surface area contributed by atoms with Crippen LogP contribution in [0.25, 0.3) is 0 Å². The van der Waals surface area contributed by atoms with Gasteiger partial charge in [0.15, 0.2) is 4.34 Å². The van der Waals surface area contributed by atoms with E-state index in [0.29, 0.717) is 6.04 Å². The van der Waals surface area contributed by atoms with E-state index in [-0.39, 0.29) is 0 Å². The van der Waals surface area contributed by atoms with Crippen molar-refractivity contribution in [3.05, 3.63) is 6.33 Å². The molecular formula is C8H15N3S2. The summed E-state index contributed by atoms with van der Waals surface area (Å²) in [5.74, 6) is 1.07. The van der Waals surface area contributed by atoms with E-state index in [9.17, 15) is 0 Å². The van der Waals surface area contributed by atoms with Gasteiger partial charge < -0.3 is 5.32 Å². The van der Waals surface area contributed by atoms with Gasteiger partial charge in [0.1, 0.15) is 6.33 Å². The Morgan fingerprint density at radius 3 is 3.15 bits per heavy atom. The zero-order chi connectivity index (χ0) is 9.52. The quantitative estimate of drug-likeness (QED) is 0.584. The molecule has 5 heteroatoms. The summed E-state index contributed by atoms with van der Waals surface area (Å²) in [4.78, 5) is 4.10. The molecule has 1 rings (SSSR count). The highest BCUT2D eigenvalue weighted by atomic mass is 32.2. The van der Waals surface area contributed by atoms with Crippen molar-refractivity contribution >= 4 is 23.3 Å². The van der Waals surface area contributed by atoms with Crippen LogP contribution in [0.1, 0.15) is 20.3 Å². The van der Waals surface area contributed by atoms with Crippen molar-refractivity contribution in [2.24, 2.45) is 0 Å². The van der Waals surface area contributed by atoms with E-state index >= 15 is 0 Å². The van der Waals surface area contributed by atoms with Crippen LogP contribution >= 0.6 is 23.3 Å². The van der Waals surface area contributed by atoms with Crippen molar-refractivity contribution in [2.45, 2.75) is 30.6 Å². The van der Waals surface area contributed by atoms with Crippen LogP contribution in [0.3, 0.4) is 0 Å². The molecule has 1 aromatic rings. The summed E-state index contributed by atoms with van der Waals surface area (Å²) in [5.41, 5.74) is 0. The van der Waals surface area contributed by atoms with Crippen molar-refractivity contribution < 1.29 is 0 Å². The first-order valence-corrected chi connectivity index (χ1v) is 6.21. The van der Waals surface area contributed by atoms with Gasteiger partial charge in [0.05, 0.1) is 0 Å². The van der Waals surface area contributed by atoms with Crippen LogP contribution in [0.5, 0.6) is 0 Å². The lowest BCUT2D eigenvalue weighted by molar-refractivity contribution is 0.555. The van der Waals surface area contributed by atoms with Crippen LogP contribution < -0.4 is 5.32 Å². The lowest BCUT2D eigenvalue weighted by Gasteiger charge is -2.09. The van der Waals surface area contributed by atoms with Crippen molar-refractivity contribution in [3.63, 3.8) is 0 Å². The standard InChI is InChI=1S/C8H15N3S2/c1-3-7(2)9-4-5-12-8-10-6-11-13-8/h6-7,9H,3-5H2,1-2H3. The largest absolute Gasteiger partial charge is 0.313 e. The van der Waals surface area contributed by atoms with E-state index in [1.165, 1.54) is 18.0 Å². The summed E-state index contributed by atoms with van der Waals surface area (Å²) in [6.07, 6.45) is 2.79. The normalized spacial score (nSPS) is 13.1. The van der Waals surface area contributed by atoms with Gasteiger partial charge in [0, 0.05) is 18.3 Å². The fourth-order valence-corrected chi connectivity index (χ4v) is 2.20. The molecule has 0 saturated heterocycles. The average Bonchev–Trinajstić information content (AvgIpc) is 2.64.